The van der Waals surface area contributed by atoms with E-state index in [1.165, 1.54) is 4.46 Å². The summed E-state index contributed by atoms with van der Waals surface area (Å²) < 4.78 is 6.54. The van der Waals surface area contributed by atoms with E-state index in [9.17, 15) is 4.79 Å². The van der Waals surface area contributed by atoms with Gasteiger partial charge in [0.1, 0.15) is 0 Å². The van der Waals surface area contributed by atoms with Crippen molar-refractivity contribution in [2.45, 2.75) is 24.3 Å². The van der Waals surface area contributed by atoms with Crippen LogP contribution in [0.25, 0.3) is 0 Å². The standard InChI is InChI=1S/C11H12O2Se/c12-11-7-6-9(13-11)8-14-10-4-2-1-3-5-10/h1-5,9H,6-8H2/t9-/m1/s1. The second-order valence-corrected chi connectivity index (χ2v) is 5.57. The molecule has 74 valence electrons. The van der Waals surface area contributed by atoms with Crippen molar-refractivity contribution < 1.29 is 9.53 Å². The molecule has 1 aliphatic heterocycles. The summed E-state index contributed by atoms with van der Waals surface area (Å²) in [5, 5.41) is 1.02. The van der Waals surface area contributed by atoms with Crippen LogP contribution in [-0.2, 0) is 9.53 Å². The van der Waals surface area contributed by atoms with E-state index in [4.69, 9.17) is 4.74 Å². The molecule has 1 aromatic carbocycles. The number of ether oxygens (including phenoxy) is 1. The molecular weight excluding hydrogens is 243 g/mol. The van der Waals surface area contributed by atoms with Crippen molar-refractivity contribution in [2.24, 2.45) is 0 Å². The molecule has 1 aliphatic rings. The van der Waals surface area contributed by atoms with Gasteiger partial charge < -0.3 is 0 Å². The number of carbonyl (C=O) groups is 1. The van der Waals surface area contributed by atoms with E-state index in [0.29, 0.717) is 21.4 Å². The van der Waals surface area contributed by atoms with Crippen molar-refractivity contribution in [3.63, 3.8) is 0 Å². The van der Waals surface area contributed by atoms with Gasteiger partial charge in [0.15, 0.2) is 0 Å². The Labute approximate surface area is 89.8 Å². The molecule has 0 amide bonds. The molecule has 1 saturated heterocycles. The summed E-state index contributed by atoms with van der Waals surface area (Å²) in [5.74, 6) is -0.0288. The van der Waals surface area contributed by atoms with Gasteiger partial charge in [-0.25, -0.2) is 0 Å². The van der Waals surface area contributed by atoms with E-state index in [0.717, 1.165) is 11.7 Å². The molecule has 1 heterocycles. The SMILES string of the molecule is O=C1CC[C@H](C[Se]c2ccccc2)O1. The van der Waals surface area contributed by atoms with E-state index in [1.54, 1.807) is 0 Å². The fourth-order valence-electron chi connectivity index (χ4n) is 1.41. The number of esters is 1. The summed E-state index contributed by atoms with van der Waals surface area (Å²) in [4.78, 5) is 10.8. The van der Waals surface area contributed by atoms with E-state index >= 15 is 0 Å². The molecule has 0 spiro atoms. The first kappa shape index (κ1) is 9.75. The molecule has 14 heavy (non-hydrogen) atoms. The molecule has 0 aromatic heterocycles. The molecule has 0 N–H and O–H groups in total. The number of cyclic esters (lactones) is 1. The quantitative estimate of drug-likeness (QED) is 0.598. The number of hydrogen-bond acceptors (Lipinski definition) is 2. The molecule has 1 aromatic rings. The average molecular weight is 255 g/mol. The Balaban J connectivity index is 1.80. The van der Waals surface area contributed by atoms with Crippen molar-refractivity contribution in [1.29, 1.82) is 0 Å². The Morgan fingerprint density at radius 3 is 2.79 bits per heavy atom. The minimum atomic E-state index is -0.0288. The van der Waals surface area contributed by atoms with E-state index in [2.05, 4.69) is 24.3 Å². The summed E-state index contributed by atoms with van der Waals surface area (Å²) in [6.07, 6.45) is 1.70. The number of rotatable bonds is 3. The first-order valence-corrected chi connectivity index (χ1v) is 6.79. The maximum absolute atomic E-state index is 10.8. The fraction of sp³-hybridized carbons (Fsp3) is 0.364. The molecule has 2 rings (SSSR count). The van der Waals surface area contributed by atoms with Crippen LogP contribution >= 0.6 is 0 Å². The predicted molar refractivity (Wildman–Crippen MR) is 55.8 cm³/mol. The predicted octanol–water partition coefficient (Wildman–Crippen LogP) is 1.14. The Bertz CT molecular complexity index is 310. The maximum atomic E-state index is 10.8. The van der Waals surface area contributed by atoms with Crippen LogP contribution in [0.2, 0.25) is 5.32 Å². The number of hydrogen-bond donors (Lipinski definition) is 0. The van der Waals surface area contributed by atoms with Gasteiger partial charge in [-0.05, 0) is 0 Å². The van der Waals surface area contributed by atoms with Crippen LogP contribution in [0.15, 0.2) is 30.3 Å². The summed E-state index contributed by atoms with van der Waals surface area (Å²) in [7, 11) is 0. The van der Waals surface area contributed by atoms with Crippen LogP contribution in [0.4, 0.5) is 0 Å². The second kappa shape index (κ2) is 4.63. The summed E-state index contributed by atoms with van der Waals surface area (Å²) in [6.45, 7) is 0. The zero-order valence-electron chi connectivity index (χ0n) is 7.81. The molecule has 0 radical (unpaired) electrons. The molecule has 0 aliphatic carbocycles. The Morgan fingerprint density at radius 2 is 2.14 bits per heavy atom. The van der Waals surface area contributed by atoms with Gasteiger partial charge >= 0.3 is 89.5 Å². The van der Waals surface area contributed by atoms with Crippen LogP contribution in [0.5, 0.6) is 0 Å². The summed E-state index contributed by atoms with van der Waals surface area (Å²) in [5.41, 5.74) is 0. The van der Waals surface area contributed by atoms with Gasteiger partial charge in [-0.15, -0.1) is 0 Å². The molecular formula is C11H12O2Se. The molecule has 1 atom stereocenters. The van der Waals surface area contributed by atoms with Crippen molar-refractivity contribution in [3.05, 3.63) is 30.3 Å². The molecule has 3 heteroatoms. The number of benzene rings is 1. The second-order valence-electron chi connectivity index (χ2n) is 3.27. The summed E-state index contributed by atoms with van der Waals surface area (Å²) >= 11 is 0.441. The van der Waals surface area contributed by atoms with Gasteiger partial charge in [0.25, 0.3) is 0 Å². The molecule has 0 saturated carbocycles. The van der Waals surface area contributed by atoms with Crippen LogP contribution in [0, 0.1) is 0 Å². The molecule has 0 unspecified atom stereocenters. The third-order valence-electron chi connectivity index (χ3n) is 2.15. The molecule has 0 bridgehead atoms. The van der Waals surface area contributed by atoms with E-state index in [1.807, 2.05) is 6.07 Å². The third kappa shape index (κ3) is 2.60. The zero-order chi connectivity index (χ0) is 9.80. The van der Waals surface area contributed by atoms with Crippen LogP contribution in [0.1, 0.15) is 12.8 Å². The topological polar surface area (TPSA) is 26.3 Å². The van der Waals surface area contributed by atoms with Crippen molar-refractivity contribution in [3.8, 4) is 0 Å². The number of carbonyl (C=O) groups excluding carboxylic acids is 1. The third-order valence-corrected chi connectivity index (χ3v) is 4.55. The fourth-order valence-corrected chi connectivity index (χ4v) is 3.43. The Kier molecular flexibility index (Phi) is 3.22. The van der Waals surface area contributed by atoms with Gasteiger partial charge in [0.2, 0.25) is 0 Å². The van der Waals surface area contributed by atoms with Gasteiger partial charge in [0.05, 0.1) is 0 Å². The monoisotopic (exact) mass is 256 g/mol. The van der Waals surface area contributed by atoms with Crippen molar-refractivity contribution >= 4 is 25.4 Å². The van der Waals surface area contributed by atoms with Crippen molar-refractivity contribution in [1.82, 2.24) is 0 Å². The summed E-state index contributed by atoms with van der Waals surface area (Å²) in [6, 6.07) is 10.4. The van der Waals surface area contributed by atoms with Crippen LogP contribution < -0.4 is 4.46 Å². The first-order valence-electron chi connectivity index (χ1n) is 4.72. The van der Waals surface area contributed by atoms with Crippen LogP contribution in [-0.4, -0.2) is 27.0 Å². The van der Waals surface area contributed by atoms with E-state index < -0.39 is 0 Å². The minimum absolute atomic E-state index is 0.0288. The molecule has 2 nitrogen and oxygen atoms in total. The van der Waals surface area contributed by atoms with Crippen molar-refractivity contribution in [2.75, 3.05) is 0 Å². The Morgan fingerprint density at radius 1 is 1.36 bits per heavy atom. The van der Waals surface area contributed by atoms with Gasteiger partial charge in [-0.2, -0.15) is 0 Å². The van der Waals surface area contributed by atoms with Gasteiger partial charge in [0, 0.05) is 0 Å². The first-order chi connectivity index (χ1) is 6.84. The molecule has 1 fully saturated rings. The Hall–Kier alpha value is -0.791. The van der Waals surface area contributed by atoms with Gasteiger partial charge in [-0.3, -0.25) is 0 Å². The van der Waals surface area contributed by atoms with Crippen LogP contribution in [0.3, 0.4) is 0 Å². The zero-order valence-corrected chi connectivity index (χ0v) is 9.52. The van der Waals surface area contributed by atoms with E-state index in [-0.39, 0.29) is 12.1 Å². The normalized spacial score (nSPS) is 20.9. The average Bonchev–Trinajstić information content (AvgIpc) is 2.63. The van der Waals surface area contributed by atoms with Gasteiger partial charge in [-0.1, -0.05) is 0 Å².